The minimum Gasteiger partial charge on any atom is -0.402 e. The SMILES string of the molecule is C/C(N)=C\C=C\C(NC(C)c1ccccc1)c1ccccc1. The van der Waals surface area contributed by atoms with E-state index in [-0.39, 0.29) is 12.1 Å². The lowest BCUT2D eigenvalue weighted by Gasteiger charge is -2.21. The Labute approximate surface area is 133 Å². The zero-order chi connectivity index (χ0) is 15.8. The number of nitrogens with one attached hydrogen (secondary N) is 1. The Morgan fingerprint density at radius 3 is 2.05 bits per heavy atom. The minimum absolute atomic E-state index is 0.145. The standard InChI is InChI=1S/C20H24N2/c1-16(21)10-9-15-20(19-13-7-4-8-14-19)22-17(2)18-11-5-3-6-12-18/h3-15,17,20,22H,21H2,1-2H3/b15-9+,16-10+. The minimum atomic E-state index is 0.145. The normalized spacial score (nSPS) is 14.9. The van der Waals surface area contributed by atoms with Gasteiger partial charge < -0.3 is 11.1 Å². The first-order valence-electron chi connectivity index (χ1n) is 7.63. The molecule has 22 heavy (non-hydrogen) atoms. The molecule has 0 aliphatic carbocycles. The smallest absolute Gasteiger partial charge is 0.0513 e. The molecule has 2 nitrogen and oxygen atoms in total. The van der Waals surface area contributed by atoms with E-state index >= 15 is 0 Å². The predicted molar refractivity (Wildman–Crippen MR) is 94.3 cm³/mol. The fourth-order valence-corrected chi connectivity index (χ4v) is 2.35. The maximum atomic E-state index is 5.70. The van der Waals surface area contributed by atoms with Crippen molar-refractivity contribution in [2.75, 3.05) is 0 Å². The van der Waals surface area contributed by atoms with Gasteiger partial charge in [-0.3, -0.25) is 0 Å². The summed E-state index contributed by atoms with van der Waals surface area (Å²) in [5.74, 6) is 0. The summed E-state index contributed by atoms with van der Waals surface area (Å²) in [6.45, 7) is 4.07. The molecule has 2 rings (SSSR count). The lowest BCUT2D eigenvalue weighted by molar-refractivity contribution is 0.526. The number of nitrogens with two attached hydrogens (primary N) is 1. The molecule has 0 fully saturated rings. The summed E-state index contributed by atoms with van der Waals surface area (Å²) in [5.41, 5.74) is 9.02. The molecule has 0 aliphatic rings. The van der Waals surface area contributed by atoms with Crippen LogP contribution >= 0.6 is 0 Å². The second-order valence-electron chi connectivity index (χ2n) is 5.48. The highest BCUT2D eigenvalue weighted by Crippen LogP contribution is 2.20. The fraction of sp³-hybridized carbons (Fsp3) is 0.200. The van der Waals surface area contributed by atoms with E-state index in [1.165, 1.54) is 11.1 Å². The van der Waals surface area contributed by atoms with Gasteiger partial charge in [0.2, 0.25) is 0 Å². The van der Waals surface area contributed by atoms with Gasteiger partial charge in [-0.2, -0.15) is 0 Å². The van der Waals surface area contributed by atoms with Gasteiger partial charge in [-0.05, 0) is 31.1 Å². The Hall–Kier alpha value is -2.32. The molecule has 0 aliphatic heterocycles. The molecule has 114 valence electrons. The molecule has 2 atom stereocenters. The Bertz CT molecular complexity index is 611. The Morgan fingerprint density at radius 2 is 1.50 bits per heavy atom. The van der Waals surface area contributed by atoms with Crippen LogP contribution < -0.4 is 11.1 Å². The highest BCUT2D eigenvalue weighted by Gasteiger charge is 2.12. The average molecular weight is 292 g/mol. The fourth-order valence-electron chi connectivity index (χ4n) is 2.35. The van der Waals surface area contributed by atoms with Crippen LogP contribution in [0.25, 0.3) is 0 Å². The first-order valence-corrected chi connectivity index (χ1v) is 7.63. The van der Waals surface area contributed by atoms with Gasteiger partial charge in [-0.15, -0.1) is 0 Å². The van der Waals surface area contributed by atoms with Gasteiger partial charge in [0, 0.05) is 11.7 Å². The molecule has 2 unspecified atom stereocenters. The van der Waals surface area contributed by atoms with E-state index in [9.17, 15) is 0 Å². The monoisotopic (exact) mass is 292 g/mol. The van der Waals surface area contributed by atoms with Gasteiger partial charge in [-0.25, -0.2) is 0 Å². The summed E-state index contributed by atoms with van der Waals surface area (Å²) in [5, 5.41) is 3.67. The van der Waals surface area contributed by atoms with Crippen molar-refractivity contribution in [2.24, 2.45) is 5.73 Å². The molecule has 0 spiro atoms. The van der Waals surface area contributed by atoms with Gasteiger partial charge in [0.25, 0.3) is 0 Å². The first kappa shape index (κ1) is 16.1. The third kappa shape index (κ3) is 4.90. The highest BCUT2D eigenvalue weighted by atomic mass is 14.9. The van der Waals surface area contributed by atoms with Gasteiger partial charge >= 0.3 is 0 Å². The van der Waals surface area contributed by atoms with E-state index in [0.717, 1.165) is 5.70 Å². The van der Waals surface area contributed by atoms with Crippen molar-refractivity contribution in [1.82, 2.24) is 5.32 Å². The molecule has 0 heterocycles. The molecular formula is C20H24N2. The second kappa shape index (κ2) is 8.20. The van der Waals surface area contributed by atoms with Crippen molar-refractivity contribution in [1.29, 1.82) is 0 Å². The number of hydrogen-bond donors (Lipinski definition) is 2. The van der Waals surface area contributed by atoms with Crippen molar-refractivity contribution in [2.45, 2.75) is 25.9 Å². The summed E-state index contributed by atoms with van der Waals surface area (Å²) in [7, 11) is 0. The van der Waals surface area contributed by atoms with Crippen LogP contribution in [0.1, 0.15) is 37.1 Å². The summed E-state index contributed by atoms with van der Waals surface area (Å²) in [6.07, 6.45) is 6.08. The lowest BCUT2D eigenvalue weighted by atomic mass is 10.0. The number of hydrogen-bond acceptors (Lipinski definition) is 2. The molecule has 0 saturated heterocycles. The van der Waals surface area contributed by atoms with Gasteiger partial charge in [0.15, 0.2) is 0 Å². The summed E-state index contributed by atoms with van der Waals surface area (Å²) < 4.78 is 0. The van der Waals surface area contributed by atoms with Gasteiger partial charge in [-0.1, -0.05) is 72.8 Å². The van der Waals surface area contributed by atoms with Crippen LogP contribution in [0, 0.1) is 0 Å². The third-order valence-corrected chi connectivity index (χ3v) is 3.55. The summed E-state index contributed by atoms with van der Waals surface area (Å²) >= 11 is 0. The van der Waals surface area contributed by atoms with Gasteiger partial charge in [0.05, 0.1) is 6.04 Å². The molecule has 0 bridgehead atoms. The van der Waals surface area contributed by atoms with Crippen LogP contribution in [0.15, 0.2) is 84.6 Å². The molecule has 2 aromatic carbocycles. The Kier molecular flexibility index (Phi) is 5.99. The zero-order valence-corrected chi connectivity index (χ0v) is 13.2. The van der Waals surface area contributed by atoms with Crippen LogP contribution in [0.5, 0.6) is 0 Å². The van der Waals surface area contributed by atoms with Crippen molar-refractivity contribution in [3.05, 3.63) is 95.7 Å². The van der Waals surface area contributed by atoms with Crippen molar-refractivity contribution < 1.29 is 0 Å². The van der Waals surface area contributed by atoms with E-state index in [0.29, 0.717) is 0 Å². The number of benzene rings is 2. The topological polar surface area (TPSA) is 38.0 Å². The number of rotatable bonds is 6. The van der Waals surface area contributed by atoms with E-state index in [1.54, 1.807) is 0 Å². The third-order valence-electron chi connectivity index (χ3n) is 3.55. The van der Waals surface area contributed by atoms with Crippen molar-refractivity contribution in [3.63, 3.8) is 0 Å². The number of allylic oxidation sites excluding steroid dienone is 3. The molecule has 3 N–H and O–H groups in total. The molecule has 0 saturated carbocycles. The van der Waals surface area contributed by atoms with Crippen LogP contribution in [0.3, 0.4) is 0 Å². The average Bonchev–Trinajstić information content (AvgIpc) is 2.55. The van der Waals surface area contributed by atoms with Crippen LogP contribution in [-0.4, -0.2) is 0 Å². The molecule has 0 amide bonds. The van der Waals surface area contributed by atoms with E-state index in [4.69, 9.17) is 5.73 Å². The maximum absolute atomic E-state index is 5.70. The second-order valence-corrected chi connectivity index (χ2v) is 5.48. The lowest BCUT2D eigenvalue weighted by Crippen LogP contribution is -2.23. The molecule has 0 aromatic heterocycles. The van der Waals surface area contributed by atoms with Gasteiger partial charge in [0.1, 0.15) is 0 Å². The summed E-state index contributed by atoms with van der Waals surface area (Å²) in [4.78, 5) is 0. The Morgan fingerprint density at radius 1 is 0.955 bits per heavy atom. The predicted octanol–water partition coefficient (Wildman–Crippen LogP) is 4.50. The van der Waals surface area contributed by atoms with Crippen LogP contribution in [0.2, 0.25) is 0 Å². The van der Waals surface area contributed by atoms with E-state index in [2.05, 4.69) is 66.8 Å². The van der Waals surface area contributed by atoms with Crippen molar-refractivity contribution in [3.8, 4) is 0 Å². The quantitative estimate of drug-likeness (QED) is 0.769. The Balaban J connectivity index is 2.18. The molecule has 2 heteroatoms. The summed E-state index contributed by atoms with van der Waals surface area (Å²) in [6, 6.07) is 21.3. The molecular weight excluding hydrogens is 268 g/mol. The molecule has 0 radical (unpaired) electrons. The van der Waals surface area contributed by atoms with Crippen molar-refractivity contribution >= 4 is 0 Å². The maximum Gasteiger partial charge on any atom is 0.0513 e. The van der Waals surface area contributed by atoms with E-state index < -0.39 is 0 Å². The highest BCUT2D eigenvalue weighted by molar-refractivity contribution is 5.26. The first-order chi connectivity index (χ1) is 10.7. The molecule has 2 aromatic rings. The largest absolute Gasteiger partial charge is 0.402 e. The zero-order valence-electron chi connectivity index (χ0n) is 13.2. The van der Waals surface area contributed by atoms with Crippen LogP contribution in [-0.2, 0) is 0 Å². The van der Waals surface area contributed by atoms with Crippen LogP contribution in [0.4, 0.5) is 0 Å². The van der Waals surface area contributed by atoms with E-state index in [1.807, 2.05) is 31.2 Å².